The lowest BCUT2D eigenvalue weighted by molar-refractivity contribution is 0.318. The van der Waals surface area contributed by atoms with Crippen LogP contribution >= 0.6 is 0 Å². The smallest absolute Gasteiger partial charge is 0.229 e. The Kier molecular flexibility index (Phi) is 3.96. The number of fused-ring (bicyclic) bond motifs is 1. The van der Waals surface area contributed by atoms with Crippen molar-refractivity contribution in [3.8, 4) is 11.5 Å². The highest BCUT2D eigenvalue weighted by molar-refractivity contribution is 7.92. The van der Waals surface area contributed by atoms with Gasteiger partial charge in [0.05, 0.1) is 17.7 Å². The predicted octanol–water partition coefficient (Wildman–Crippen LogP) is 2.97. The van der Waals surface area contributed by atoms with E-state index in [0.29, 0.717) is 35.7 Å². The Morgan fingerprint density at radius 1 is 1.17 bits per heavy atom. The van der Waals surface area contributed by atoms with Crippen LogP contribution in [0.1, 0.15) is 17.5 Å². The van der Waals surface area contributed by atoms with Gasteiger partial charge in [0.2, 0.25) is 10.0 Å². The summed E-state index contributed by atoms with van der Waals surface area (Å²) in [5.41, 5.74) is 2.64. The summed E-state index contributed by atoms with van der Waals surface area (Å²) in [6.45, 7) is 0. The molecule has 6 nitrogen and oxygen atoms in total. The second-order valence-corrected chi connectivity index (χ2v) is 7.09. The Morgan fingerprint density at radius 3 is 2.57 bits per heavy atom. The molecule has 23 heavy (non-hydrogen) atoms. The number of rotatable bonds is 4. The molecule has 0 aromatic heterocycles. The van der Waals surface area contributed by atoms with E-state index < -0.39 is 10.0 Å². The molecule has 1 aliphatic carbocycles. The molecule has 0 aliphatic heterocycles. The third-order valence-corrected chi connectivity index (χ3v) is 4.13. The minimum Gasteiger partial charge on any atom is -0.455 e. The van der Waals surface area contributed by atoms with Crippen LogP contribution in [0.2, 0.25) is 0 Å². The van der Waals surface area contributed by atoms with E-state index in [1.165, 1.54) is 0 Å². The fourth-order valence-electron chi connectivity index (χ4n) is 2.57. The van der Waals surface area contributed by atoms with Crippen molar-refractivity contribution in [1.29, 1.82) is 0 Å². The van der Waals surface area contributed by atoms with Gasteiger partial charge in [0.15, 0.2) is 5.75 Å². The molecule has 0 bridgehead atoms. The number of benzene rings is 2. The SMILES string of the molecule is CS(=O)(=O)Nc1cc2c(cc1Oc1ccccc1)C(=NO)CC2. The van der Waals surface area contributed by atoms with Gasteiger partial charge in [0.25, 0.3) is 0 Å². The zero-order valence-corrected chi connectivity index (χ0v) is 13.3. The average molecular weight is 332 g/mol. The highest BCUT2D eigenvalue weighted by Crippen LogP contribution is 2.36. The van der Waals surface area contributed by atoms with Crippen molar-refractivity contribution >= 4 is 21.4 Å². The number of anilines is 1. The number of oxime groups is 1. The molecule has 2 aromatic rings. The molecular weight excluding hydrogens is 316 g/mol. The van der Waals surface area contributed by atoms with E-state index in [-0.39, 0.29) is 0 Å². The van der Waals surface area contributed by atoms with E-state index in [9.17, 15) is 8.42 Å². The Hall–Kier alpha value is -2.54. The zero-order chi connectivity index (χ0) is 16.4. The Balaban J connectivity index is 2.07. The van der Waals surface area contributed by atoms with E-state index in [2.05, 4.69) is 9.88 Å². The molecule has 0 fully saturated rings. The fraction of sp³-hybridized carbons (Fsp3) is 0.188. The average Bonchev–Trinajstić information content (AvgIpc) is 2.89. The Bertz CT molecular complexity index is 861. The van der Waals surface area contributed by atoms with Gasteiger partial charge in [-0.2, -0.15) is 0 Å². The molecule has 0 heterocycles. The summed E-state index contributed by atoms with van der Waals surface area (Å²) in [5, 5.41) is 12.4. The summed E-state index contributed by atoms with van der Waals surface area (Å²) in [6.07, 6.45) is 2.39. The first-order chi connectivity index (χ1) is 11.0. The van der Waals surface area contributed by atoms with Crippen LogP contribution in [0.4, 0.5) is 5.69 Å². The maximum absolute atomic E-state index is 11.6. The van der Waals surface area contributed by atoms with Gasteiger partial charge in [-0.15, -0.1) is 0 Å². The molecule has 3 rings (SSSR count). The summed E-state index contributed by atoms with van der Waals surface area (Å²) < 4.78 is 31.5. The number of hydrogen-bond acceptors (Lipinski definition) is 5. The topological polar surface area (TPSA) is 88.0 Å². The van der Waals surface area contributed by atoms with Gasteiger partial charge < -0.3 is 9.94 Å². The molecule has 0 radical (unpaired) electrons. The van der Waals surface area contributed by atoms with Crippen LogP contribution in [0.25, 0.3) is 0 Å². The number of nitrogens with zero attached hydrogens (tertiary/aromatic N) is 1. The van der Waals surface area contributed by atoms with Crippen molar-refractivity contribution in [2.75, 3.05) is 11.0 Å². The largest absolute Gasteiger partial charge is 0.455 e. The maximum atomic E-state index is 11.6. The Morgan fingerprint density at radius 2 is 1.91 bits per heavy atom. The first-order valence-corrected chi connectivity index (χ1v) is 8.94. The van der Waals surface area contributed by atoms with Crippen molar-refractivity contribution in [1.82, 2.24) is 0 Å². The number of aryl methyl sites for hydroxylation is 1. The van der Waals surface area contributed by atoms with E-state index in [1.54, 1.807) is 24.3 Å². The summed E-state index contributed by atoms with van der Waals surface area (Å²) in [7, 11) is -3.44. The molecule has 0 saturated carbocycles. The summed E-state index contributed by atoms with van der Waals surface area (Å²) in [5.74, 6) is 0.952. The minimum atomic E-state index is -3.44. The fourth-order valence-corrected chi connectivity index (χ4v) is 3.13. The van der Waals surface area contributed by atoms with E-state index in [1.807, 2.05) is 18.2 Å². The number of nitrogens with one attached hydrogen (secondary N) is 1. The van der Waals surface area contributed by atoms with Gasteiger partial charge in [-0.05, 0) is 42.7 Å². The van der Waals surface area contributed by atoms with Gasteiger partial charge in [0.1, 0.15) is 5.75 Å². The van der Waals surface area contributed by atoms with Crippen LogP contribution in [0.5, 0.6) is 11.5 Å². The second-order valence-electron chi connectivity index (χ2n) is 5.34. The van der Waals surface area contributed by atoms with Crippen LogP contribution in [0.15, 0.2) is 47.6 Å². The third kappa shape index (κ3) is 3.45. The first-order valence-electron chi connectivity index (χ1n) is 7.05. The maximum Gasteiger partial charge on any atom is 0.229 e. The molecule has 7 heteroatoms. The van der Waals surface area contributed by atoms with E-state index in [4.69, 9.17) is 9.94 Å². The van der Waals surface area contributed by atoms with Crippen LogP contribution < -0.4 is 9.46 Å². The van der Waals surface area contributed by atoms with Crippen molar-refractivity contribution in [3.63, 3.8) is 0 Å². The molecule has 1 aliphatic rings. The monoisotopic (exact) mass is 332 g/mol. The molecule has 2 N–H and O–H groups in total. The summed E-state index contributed by atoms with van der Waals surface area (Å²) in [6, 6.07) is 12.5. The Labute approximate surface area is 134 Å². The molecule has 2 aromatic carbocycles. The zero-order valence-electron chi connectivity index (χ0n) is 12.5. The molecule has 0 spiro atoms. The molecule has 0 atom stereocenters. The lowest BCUT2D eigenvalue weighted by Crippen LogP contribution is -2.11. The highest BCUT2D eigenvalue weighted by Gasteiger charge is 2.22. The first kappa shape index (κ1) is 15.4. The second kappa shape index (κ2) is 5.92. The molecular formula is C16H16N2O4S. The number of para-hydroxylation sites is 1. The van der Waals surface area contributed by atoms with E-state index in [0.717, 1.165) is 17.4 Å². The van der Waals surface area contributed by atoms with Gasteiger partial charge in [-0.1, -0.05) is 23.4 Å². The van der Waals surface area contributed by atoms with Gasteiger partial charge in [-0.3, -0.25) is 4.72 Å². The van der Waals surface area contributed by atoms with E-state index >= 15 is 0 Å². The van der Waals surface area contributed by atoms with Crippen LogP contribution in [-0.2, 0) is 16.4 Å². The van der Waals surface area contributed by atoms with Crippen molar-refractivity contribution in [3.05, 3.63) is 53.6 Å². The molecule has 120 valence electrons. The summed E-state index contributed by atoms with van der Waals surface area (Å²) >= 11 is 0. The summed E-state index contributed by atoms with van der Waals surface area (Å²) in [4.78, 5) is 0. The molecule has 0 saturated heterocycles. The normalized spacial score (nSPS) is 15.4. The standard InChI is InChI=1S/C16H16N2O4S/c1-23(20,21)18-15-9-11-7-8-14(17-19)13(11)10-16(15)22-12-5-3-2-4-6-12/h2-6,9-10,18-19H,7-8H2,1H3. The van der Waals surface area contributed by atoms with Gasteiger partial charge in [0, 0.05) is 5.56 Å². The highest BCUT2D eigenvalue weighted by atomic mass is 32.2. The van der Waals surface area contributed by atoms with Gasteiger partial charge in [-0.25, -0.2) is 8.42 Å². The quantitative estimate of drug-likeness (QED) is 0.665. The van der Waals surface area contributed by atoms with Crippen LogP contribution in [0, 0.1) is 0 Å². The predicted molar refractivity (Wildman–Crippen MR) is 88.1 cm³/mol. The lowest BCUT2D eigenvalue weighted by atomic mass is 10.1. The van der Waals surface area contributed by atoms with Crippen molar-refractivity contribution < 1.29 is 18.4 Å². The van der Waals surface area contributed by atoms with Gasteiger partial charge >= 0.3 is 0 Å². The third-order valence-electron chi connectivity index (χ3n) is 3.53. The number of ether oxygens (including phenoxy) is 1. The molecule has 0 amide bonds. The minimum absolute atomic E-state index is 0.364. The number of hydrogen-bond donors (Lipinski definition) is 2. The number of sulfonamides is 1. The van der Waals surface area contributed by atoms with Crippen molar-refractivity contribution in [2.24, 2.45) is 5.16 Å². The molecule has 0 unspecified atom stereocenters. The lowest BCUT2D eigenvalue weighted by Gasteiger charge is -2.14. The van der Waals surface area contributed by atoms with Crippen LogP contribution in [0.3, 0.4) is 0 Å². The van der Waals surface area contributed by atoms with Crippen LogP contribution in [-0.4, -0.2) is 25.6 Å². The van der Waals surface area contributed by atoms with Crippen molar-refractivity contribution in [2.45, 2.75) is 12.8 Å².